The van der Waals surface area contributed by atoms with E-state index >= 15 is 0 Å². The maximum absolute atomic E-state index is 11.3. The van der Waals surface area contributed by atoms with Crippen LogP contribution in [0.15, 0.2) is 0 Å². The van der Waals surface area contributed by atoms with Gasteiger partial charge in [0.05, 0.1) is 12.7 Å². The summed E-state index contributed by atoms with van der Waals surface area (Å²) in [5.74, 6) is -2.81. The van der Waals surface area contributed by atoms with Gasteiger partial charge in [0.15, 0.2) is 5.92 Å². The summed E-state index contributed by atoms with van der Waals surface area (Å²) in [7, 11) is 0. The van der Waals surface area contributed by atoms with Crippen molar-refractivity contribution in [1.82, 2.24) is 0 Å². The molecule has 1 N–H and O–H groups in total. The third-order valence-electron chi connectivity index (χ3n) is 2.67. The molecule has 0 aliphatic carbocycles. The van der Waals surface area contributed by atoms with Crippen molar-refractivity contribution in [1.29, 1.82) is 0 Å². The highest BCUT2D eigenvalue weighted by atomic mass is 16.5. The maximum atomic E-state index is 11.3. The lowest BCUT2D eigenvalue weighted by atomic mass is 10.00. The minimum Gasteiger partial charge on any atom is -0.481 e. The molecule has 1 aliphatic heterocycles. The monoisotopic (exact) mass is 230 g/mol. The Bertz CT molecular complexity index is 245. The van der Waals surface area contributed by atoms with Crippen molar-refractivity contribution in [2.75, 3.05) is 13.2 Å². The van der Waals surface area contributed by atoms with Gasteiger partial charge in [0.1, 0.15) is 0 Å². The van der Waals surface area contributed by atoms with E-state index in [0.717, 1.165) is 19.4 Å². The summed E-state index contributed by atoms with van der Waals surface area (Å²) in [6.07, 6.45) is 2.97. The first-order chi connectivity index (χ1) is 7.65. The summed E-state index contributed by atoms with van der Waals surface area (Å²) >= 11 is 0. The van der Waals surface area contributed by atoms with Gasteiger partial charge in [-0.3, -0.25) is 9.59 Å². The molecular weight excluding hydrogens is 212 g/mol. The number of aliphatic carboxylic acids is 1. The Balaban J connectivity index is 2.38. The smallest absolute Gasteiger partial charge is 0.320 e. The van der Waals surface area contributed by atoms with Gasteiger partial charge < -0.3 is 14.6 Å². The molecular formula is C11H18O5. The summed E-state index contributed by atoms with van der Waals surface area (Å²) in [6, 6.07) is 0. The Morgan fingerprint density at radius 1 is 1.56 bits per heavy atom. The molecule has 1 rings (SSSR count). The summed E-state index contributed by atoms with van der Waals surface area (Å²) < 4.78 is 10.1. The minimum absolute atomic E-state index is 0.108. The molecule has 0 spiro atoms. The third-order valence-corrected chi connectivity index (χ3v) is 2.67. The van der Waals surface area contributed by atoms with E-state index in [0.29, 0.717) is 12.8 Å². The number of hydrogen-bond donors (Lipinski definition) is 1. The summed E-state index contributed by atoms with van der Waals surface area (Å²) in [6.45, 7) is 2.61. The molecule has 0 amide bonds. The van der Waals surface area contributed by atoms with E-state index in [2.05, 4.69) is 0 Å². The number of carboxylic acids is 1. The fourth-order valence-electron chi connectivity index (χ4n) is 1.81. The second-order valence-corrected chi connectivity index (χ2v) is 3.86. The number of carbonyl (C=O) groups excluding carboxylic acids is 1. The number of ether oxygens (including phenoxy) is 2. The van der Waals surface area contributed by atoms with Crippen molar-refractivity contribution >= 4 is 11.9 Å². The SMILES string of the molecule is CCOC(=O)C(CCC1CCCO1)C(=O)O. The van der Waals surface area contributed by atoms with Crippen LogP contribution < -0.4 is 0 Å². The molecule has 2 atom stereocenters. The molecule has 92 valence electrons. The van der Waals surface area contributed by atoms with Gasteiger partial charge in [0, 0.05) is 6.61 Å². The lowest BCUT2D eigenvalue weighted by molar-refractivity contribution is -0.158. The highest BCUT2D eigenvalue weighted by Crippen LogP contribution is 2.20. The predicted octanol–water partition coefficient (Wildman–Crippen LogP) is 1.21. The van der Waals surface area contributed by atoms with E-state index in [1.165, 1.54) is 0 Å². The molecule has 1 aliphatic rings. The van der Waals surface area contributed by atoms with E-state index in [4.69, 9.17) is 14.6 Å². The van der Waals surface area contributed by atoms with Gasteiger partial charge in [-0.2, -0.15) is 0 Å². The fourth-order valence-corrected chi connectivity index (χ4v) is 1.81. The fraction of sp³-hybridized carbons (Fsp3) is 0.818. The molecule has 0 aromatic heterocycles. The Morgan fingerprint density at radius 3 is 2.81 bits per heavy atom. The van der Waals surface area contributed by atoms with Gasteiger partial charge in [0.25, 0.3) is 0 Å². The lowest BCUT2D eigenvalue weighted by Gasteiger charge is -2.13. The van der Waals surface area contributed by atoms with Crippen molar-refractivity contribution in [2.24, 2.45) is 5.92 Å². The second-order valence-electron chi connectivity index (χ2n) is 3.86. The quantitative estimate of drug-likeness (QED) is 0.548. The number of carbonyl (C=O) groups is 2. The average molecular weight is 230 g/mol. The highest BCUT2D eigenvalue weighted by Gasteiger charge is 2.29. The van der Waals surface area contributed by atoms with Gasteiger partial charge in [0.2, 0.25) is 0 Å². The zero-order valence-electron chi connectivity index (χ0n) is 9.48. The topological polar surface area (TPSA) is 72.8 Å². The summed E-state index contributed by atoms with van der Waals surface area (Å²) in [4.78, 5) is 22.2. The Kier molecular flexibility index (Phi) is 5.25. The Morgan fingerprint density at radius 2 is 2.31 bits per heavy atom. The van der Waals surface area contributed by atoms with Gasteiger partial charge in [-0.05, 0) is 32.6 Å². The Hall–Kier alpha value is -1.10. The zero-order valence-corrected chi connectivity index (χ0v) is 9.48. The first-order valence-electron chi connectivity index (χ1n) is 5.66. The van der Waals surface area contributed by atoms with Crippen LogP contribution in [-0.4, -0.2) is 36.4 Å². The zero-order chi connectivity index (χ0) is 12.0. The van der Waals surface area contributed by atoms with Crippen LogP contribution in [0.3, 0.4) is 0 Å². The summed E-state index contributed by atoms with van der Waals surface area (Å²) in [5.41, 5.74) is 0. The van der Waals surface area contributed by atoms with Crippen LogP contribution in [0.1, 0.15) is 32.6 Å². The first kappa shape index (κ1) is 13.0. The lowest BCUT2D eigenvalue weighted by Crippen LogP contribution is -2.27. The molecule has 0 radical (unpaired) electrons. The first-order valence-corrected chi connectivity index (χ1v) is 5.66. The number of carboxylic acid groups (broad SMARTS) is 1. The normalized spacial score (nSPS) is 21.7. The van der Waals surface area contributed by atoms with Crippen molar-refractivity contribution in [3.63, 3.8) is 0 Å². The van der Waals surface area contributed by atoms with E-state index in [1.807, 2.05) is 0 Å². The van der Waals surface area contributed by atoms with E-state index in [-0.39, 0.29) is 12.7 Å². The molecule has 0 aromatic carbocycles. The van der Waals surface area contributed by atoms with E-state index in [9.17, 15) is 9.59 Å². The van der Waals surface area contributed by atoms with Crippen LogP contribution in [0, 0.1) is 5.92 Å². The summed E-state index contributed by atoms with van der Waals surface area (Å²) in [5, 5.41) is 8.90. The van der Waals surface area contributed by atoms with E-state index < -0.39 is 17.9 Å². The maximum Gasteiger partial charge on any atom is 0.320 e. The van der Waals surface area contributed by atoms with Gasteiger partial charge in [-0.1, -0.05) is 0 Å². The van der Waals surface area contributed by atoms with Gasteiger partial charge in [-0.25, -0.2) is 0 Å². The molecule has 0 bridgehead atoms. The molecule has 0 saturated carbocycles. The molecule has 1 fully saturated rings. The molecule has 5 heteroatoms. The van der Waals surface area contributed by atoms with Crippen molar-refractivity contribution in [3.8, 4) is 0 Å². The minimum atomic E-state index is -1.11. The van der Waals surface area contributed by atoms with Crippen LogP contribution in [0.25, 0.3) is 0 Å². The van der Waals surface area contributed by atoms with Crippen LogP contribution in [-0.2, 0) is 19.1 Å². The van der Waals surface area contributed by atoms with E-state index in [1.54, 1.807) is 6.92 Å². The van der Waals surface area contributed by atoms with Crippen LogP contribution in [0.2, 0.25) is 0 Å². The third kappa shape index (κ3) is 3.81. The molecule has 0 aromatic rings. The predicted molar refractivity (Wildman–Crippen MR) is 56.0 cm³/mol. The number of esters is 1. The largest absolute Gasteiger partial charge is 0.481 e. The van der Waals surface area contributed by atoms with Crippen LogP contribution in [0.5, 0.6) is 0 Å². The van der Waals surface area contributed by atoms with Crippen molar-refractivity contribution in [3.05, 3.63) is 0 Å². The molecule has 1 heterocycles. The van der Waals surface area contributed by atoms with Crippen LogP contribution >= 0.6 is 0 Å². The number of rotatable bonds is 6. The molecule has 16 heavy (non-hydrogen) atoms. The van der Waals surface area contributed by atoms with Crippen LogP contribution in [0.4, 0.5) is 0 Å². The van der Waals surface area contributed by atoms with Crippen molar-refractivity contribution < 1.29 is 24.2 Å². The molecule has 1 saturated heterocycles. The van der Waals surface area contributed by atoms with Gasteiger partial charge >= 0.3 is 11.9 Å². The van der Waals surface area contributed by atoms with Crippen molar-refractivity contribution in [2.45, 2.75) is 38.7 Å². The number of hydrogen-bond acceptors (Lipinski definition) is 4. The molecule has 5 nitrogen and oxygen atoms in total. The Labute approximate surface area is 94.7 Å². The second kappa shape index (κ2) is 6.48. The molecule has 2 unspecified atom stereocenters. The highest BCUT2D eigenvalue weighted by molar-refractivity contribution is 5.93. The standard InChI is InChI=1S/C11H18O5/c1-2-15-11(14)9(10(12)13)6-5-8-4-3-7-16-8/h8-9H,2-7H2,1H3,(H,12,13). The van der Waals surface area contributed by atoms with Gasteiger partial charge in [-0.15, -0.1) is 0 Å². The average Bonchev–Trinajstić information content (AvgIpc) is 2.70.